The van der Waals surface area contributed by atoms with Crippen LogP contribution in [0.25, 0.3) is 0 Å². The largest absolute Gasteiger partial charge is 0.459 e. The van der Waals surface area contributed by atoms with Crippen molar-refractivity contribution in [1.82, 2.24) is 4.90 Å². The number of aliphatic hydroxyl groups is 2. The molecule has 2 aromatic rings. The lowest BCUT2D eigenvalue weighted by atomic mass is 9.55. The molecule has 2 N–H and O–H groups in total. The fourth-order valence-electron chi connectivity index (χ4n) is 8.59. The van der Waals surface area contributed by atoms with Crippen molar-refractivity contribution in [3.63, 3.8) is 0 Å². The number of allylic oxidation sites excluding steroid dienone is 1. The number of ether oxygens (including phenoxy) is 4. The smallest absolute Gasteiger partial charge is 0.410 e. The summed E-state index contributed by atoms with van der Waals surface area (Å²) in [7, 11) is 0. The first-order chi connectivity index (χ1) is 26.3. The van der Waals surface area contributed by atoms with E-state index in [1.807, 2.05) is 38.1 Å². The Morgan fingerprint density at radius 2 is 1.80 bits per heavy atom. The normalized spacial score (nSPS) is 24.8. The Labute approximate surface area is 326 Å². The number of aryl methyl sites for hydroxylation is 2. The molecule has 10 nitrogen and oxygen atoms in total. The zero-order valence-corrected chi connectivity index (χ0v) is 33.2. The van der Waals surface area contributed by atoms with Crippen molar-refractivity contribution in [1.29, 1.82) is 0 Å². The van der Waals surface area contributed by atoms with Crippen LogP contribution in [0.5, 0.6) is 17.2 Å². The topological polar surface area (TPSA) is 119 Å². The van der Waals surface area contributed by atoms with Crippen LogP contribution < -0.4 is 9.47 Å². The van der Waals surface area contributed by atoms with Crippen molar-refractivity contribution >= 4 is 23.4 Å². The van der Waals surface area contributed by atoms with Gasteiger partial charge >= 0.3 is 6.09 Å². The highest BCUT2D eigenvalue weighted by Gasteiger charge is 2.65. The minimum atomic E-state index is -1.35. The van der Waals surface area contributed by atoms with Gasteiger partial charge in [-0.25, -0.2) is 4.79 Å². The van der Waals surface area contributed by atoms with E-state index in [1.165, 1.54) is 5.56 Å². The number of halogens is 1. The molecule has 0 radical (unpaired) electrons. The molecule has 1 saturated carbocycles. The molecule has 11 heteroatoms. The van der Waals surface area contributed by atoms with Crippen LogP contribution >= 0.6 is 11.6 Å². The van der Waals surface area contributed by atoms with E-state index < -0.39 is 23.8 Å². The monoisotopic (exact) mass is 766 g/mol. The quantitative estimate of drug-likeness (QED) is 0.0594. The van der Waals surface area contributed by atoms with Gasteiger partial charge in [0.05, 0.1) is 24.1 Å². The Hall–Kier alpha value is -3.57. The second-order valence-corrected chi connectivity index (χ2v) is 14.9. The van der Waals surface area contributed by atoms with Gasteiger partial charge in [0.2, 0.25) is 5.79 Å². The number of hydrogen-bond donors (Lipinski definition) is 2. The Bertz CT molecular complexity index is 1630. The van der Waals surface area contributed by atoms with Crippen molar-refractivity contribution in [3.8, 4) is 17.2 Å². The number of carbonyl (C=O) groups excluding carboxylic acids is 1. The maximum absolute atomic E-state index is 14.0. The molecule has 0 aromatic heterocycles. The van der Waals surface area contributed by atoms with Crippen molar-refractivity contribution in [2.24, 2.45) is 22.9 Å². The van der Waals surface area contributed by atoms with E-state index in [-0.39, 0.29) is 50.1 Å². The lowest BCUT2D eigenvalue weighted by Crippen LogP contribution is -2.70. The van der Waals surface area contributed by atoms with Gasteiger partial charge in [0.15, 0.2) is 0 Å². The van der Waals surface area contributed by atoms with E-state index in [0.29, 0.717) is 50.3 Å². The third-order valence-corrected chi connectivity index (χ3v) is 11.2. The van der Waals surface area contributed by atoms with E-state index >= 15 is 0 Å². The first-order valence-corrected chi connectivity index (χ1v) is 20.2. The molecule has 2 aromatic carbocycles. The zero-order valence-electron chi connectivity index (χ0n) is 32.4. The van der Waals surface area contributed by atoms with Crippen molar-refractivity contribution in [2.75, 3.05) is 45.5 Å². The summed E-state index contributed by atoms with van der Waals surface area (Å²) in [5.41, 5.74) is 5.06. The van der Waals surface area contributed by atoms with E-state index in [1.54, 1.807) is 11.0 Å². The number of hydrogen-bond acceptors (Lipinski definition) is 9. The highest BCUT2D eigenvalue weighted by atomic mass is 35.5. The molecule has 54 heavy (non-hydrogen) atoms. The Morgan fingerprint density at radius 1 is 1.06 bits per heavy atom. The number of alkyl halides is 1. The Morgan fingerprint density at radius 3 is 2.48 bits per heavy atom. The maximum atomic E-state index is 14.0. The highest BCUT2D eigenvalue weighted by molar-refractivity contribution is 6.18. The summed E-state index contributed by atoms with van der Waals surface area (Å²) in [6.07, 6.45) is 9.31. The number of amides is 1. The van der Waals surface area contributed by atoms with Gasteiger partial charge in [-0.05, 0) is 112 Å². The van der Waals surface area contributed by atoms with Gasteiger partial charge < -0.3 is 34.0 Å². The summed E-state index contributed by atoms with van der Waals surface area (Å²) < 4.78 is 26.4. The molecule has 6 atom stereocenters. The Balaban J connectivity index is 1.77. The van der Waals surface area contributed by atoms with Crippen LogP contribution in [0.2, 0.25) is 0 Å². The van der Waals surface area contributed by atoms with Gasteiger partial charge in [-0.1, -0.05) is 43.1 Å². The lowest BCUT2D eigenvalue weighted by Gasteiger charge is -2.59. The van der Waals surface area contributed by atoms with E-state index in [4.69, 9.17) is 40.5 Å². The fourth-order valence-corrected chi connectivity index (χ4v) is 8.67. The van der Waals surface area contributed by atoms with Crippen LogP contribution in [0, 0.1) is 31.6 Å². The van der Waals surface area contributed by atoms with Crippen molar-refractivity contribution in [3.05, 3.63) is 77.4 Å². The van der Waals surface area contributed by atoms with Crippen LogP contribution in [-0.4, -0.2) is 84.2 Å². The molecule has 3 aliphatic rings. The summed E-state index contributed by atoms with van der Waals surface area (Å²) in [5, 5.41) is 24.4. The van der Waals surface area contributed by atoms with E-state index in [2.05, 4.69) is 38.6 Å². The average molecular weight is 767 g/mol. The molecule has 6 unspecified atom stereocenters. The van der Waals surface area contributed by atoms with Crippen LogP contribution in [0.4, 0.5) is 4.79 Å². The van der Waals surface area contributed by atoms with Gasteiger partial charge in [0.25, 0.3) is 0 Å². The van der Waals surface area contributed by atoms with Gasteiger partial charge in [-0.15, -0.1) is 18.2 Å². The molecule has 1 heterocycles. The molecule has 1 fully saturated rings. The number of carbonyl (C=O) groups is 1. The number of rotatable bonds is 20. The predicted octanol–water partition coefficient (Wildman–Crippen LogP) is 8.84. The van der Waals surface area contributed by atoms with Crippen LogP contribution in [-0.2, 0) is 14.3 Å². The van der Waals surface area contributed by atoms with E-state index in [0.717, 1.165) is 53.8 Å². The molecule has 2 aliphatic carbocycles. The maximum Gasteiger partial charge on any atom is 0.410 e. The lowest BCUT2D eigenvalue weighted by molar-refractivity contribution is -0.255. The zero-order chi connectivity index (χ0) is 38.7. The fraction of sp³-hybridized carbons (Fsp3) is 0.581. The molecular formula is C43H59ClN2O8. The van der Waals surface area contributed by atoms with Crippen LogP contribution in [0.15, 0.2) is 65.9 Å². The summed E-state index contributed by atoms with van der Waals surface area (Å²) >= 11 is 5.99. The second-order valence-electron chi connectivity index (χ2n) is 14.5. The SMILES string of the molecule is C=CCOC12Oc3ccc(Oc4ccc(C)c(C)c4)cc3C3C(CCCCO)C(CCCCO)C=C(C(=NOCC)CC1N(CCC)C(=O)OCCCl)C32. The van der Waals surface area contributed by atoms with Gasteiger partial charge in [-0.3, -0.25) is 4.90 Å². The minimum Gasteiger partial charge on any atom is -0.459 e. The number of fused-ring (bicyclic) bond motifs is 2. The first-order valence-electron chi connectivity index (χ1n) is 19.7. The number of nitrogens with zero attached hydrogens (tertiary/aromatic N) is 2. The first kappa shape index (κ1) is 41.6. The third kappa shape index (κ3) is 9.10. The Kier molecular flexibility index (Phi) is 15.3. The summed E-state index contributed by atoms with van der Waals surface area (Å²) in [4.78, 5) is 21.5. The standard InChI is InChI=1S/C43H59ClN2O8/c1-6-20-46(42(49)50-24-19-44)39-28-37(45-52-8-3)35-26-31(13-9-11-21-47)34(14-10-12-22-48)40-36-27-33(53-32-16-15-29(4)30(5)25-32)17-18-38(36)54-43(39,41(35)40)51-23-7-2/h7,15-18,25-27,31,34,39-41,47-48H,2,6,8-14,19-24,28H2,1,3-5H3. The molecule has 5 rings (SSSR count). The van der Waals surface area contributed by atoms with Gasteiger partial charge in [-0.2, -0.15) is 0 Å². The summed E-state index contributed by atoms with van der Waals surface area (Å²) in [6.45, 7) is 13.3. The average Bonchev–Trinajstić information content (AvgIpc) is 3.17. The second kappa shape index (κ2) is 19.8. The molecule has 296 valence electrons. The van der Waals surface area contributed by atoms with E-state index in [9.17, 15) is 15.0 Å². The van der Waals surface area contributed by atoms with Gasteiger partial charge in [0, 0.05) is 37.7 Å². The molecule has 0 spiro atoms. The molecular weight excluding hydrogens is 708 g/mol. The highest BCUT2D eigenvalue weighted by Crippen LogP contribution is 2.62. The molecule has 0 saturated heterocycles. The van der Waals surface area contributed by atoms with Crippen molar-refractivity contribution in [2.45, 2.75) is 96.8 Å². The molecule has 1 aliphatic heterocycles. The van der Waals surface area contributed by atoms with Crippen molar-refractivity contribution < 1.29 is 38.8 Å². The predicted molar refractivity (Wildman–Crippen MR) is 212 cm³/mol. The number of aliphatic hydroxyl groups excluding tert-OH is 2. The van der Waals surface area contributed by atoms with Crippen LogP contribution in [0.3, 0.4) is 0 Å². The molecule has 1 amide bonds. The number of benzene rings is 2. The van der Waals surface area contributed by atoms with Crippen LogP contribution in [0.1, 0.15) is 87.8 Å². The molecule has 0 bridgehead atoms. The van der Waals surface area contributed by atoms with Gasteiger partial charge in [0.1, 0.15) is 36.5 Å². The summed E-state index contributed by atoms with van der Waals surface area (Å²) in [6, 6.07) is 11.4. The number of oxime groups is 1. The third-order valence-electron chi connectivity index (χ3n) is 11.0. The minimum absolute atomic E-state index is 0.0698. The number of unbranched alkanes of at least 4 members (excludes halogenated alkanes) is 2. The summed E-state index contributed by atoms with van der Waals surface area (Å²) in [5.74, 6) is 0.592.